The van der Waals surface area contributed by atoms with Crippen molar-refractivity contribution in [1.29, 1.82) is 5.26 Å². The Morgan fingerprint density at radius 2 is 2.04 bits per heavy atom. The number of benzene rings is 1. The molecule has 3 rings (SSSR count). The molecule has 5 heteroatoms. The minimum absolute atomic E-state index is 0.0136. The number of hydrogen-bond donors (Lipinski definition) is 2. The minimum Gasteiger partial charge on any atom is -0.508 e. The van der Waals surface area contributed by atoms with Crippen molar-refractivity contribution in [2.45, 2.75) is 44.7 Å². The van der Waals surface area contributed by atoms with Gasteiger partial charge in [0.25, 0.3) is 0 Å². The summed E-state index contributed by atoms with van der Waals surface area (Å²) in [6, 6.07) is 9.21. The molecule has 2 atom stereocenters. The number of amides is 1. The third-order valence-corrected chi connectivity index (χ3v) is 4.60. The summed E-state index contributed by atoms with van der Waals surface area (Å²) in [6.07, 6.45) is 2.27. The lowest BCUT2D eigenvalue weighted by Gasteiger charge is -2.21. The Bertz CT molecular complexity index is 605. The molecule has 2 aliphatic rings. The van der Waals surface area contributed by atoms with Crippen LogP contribution in [0.25, 0.3) is 0 Å². The van der Waals surface area contributed by atoms with E-state index < -0.39 is 5.54 Å². The van der Waals surface area contributed by atoms with E-state index in [2.05, 4.69) is 11.4 Å². The molecule has 0 spiro atoms. The molecular weight excluding hydrogens is 290 g/mol. The van der Waals surface area contributed by atoms with Crippen molar-refractivity contribution in [3.8, 4) is 11.8 Å². The Morgan fingerprint density at radius 1 is 1.39 bits per heavy atom. The van der Waals surface area contributed by atoms with E-state index in [0.29, 0.717) is 13.0 Å². The molecule has 5 nitrogen and oxygen atoms in total. The molecule has 1 saturated carbocycles. The average Bonchev–Trinajstić information content (AvgIpc) is 3.23. The number of nitrogens with zero attached hydrogens (tertiary/aromatic N) is 2. The van der Waals surface area contributed by atoms with E-state index in [1.165, 1.54) is 0 Å². The monoisotopic (exact) mass is 315 g/mol. The fraction of sp³-hybridized carbons (Fsp3) is 0.556. The van der Waals surface area contributed by atoms with Gasteiger partial charge < -0.3 is 10.4 Å². The van der Waals surface area contributed by atoms with Crippen LogP contribution in [0.1, 0.15) is 38.7 Å². The number of aromatic hydroxyl groups is 1. The van der Waals surface area contributed by atoms with E-state index in [9.17, 15) is 9.90 Å². The molecule has 1 heterocycles. The van der Waals surface area contributed by atoms with Crippen LogP contribution >= 0.6 is 0 Å². The van der Waals surface area contributed by atoms with Gasteiger partial charge in [0, 0.05) is 12.1 Å². The SMILES string of the molecule is CC.CN1CC(C(=O)NC2(c3ccccc3O)CC2)CC1C#N. The smallest absolute Gasteiger partial charge is 0.225 e. The first kappa shape index (κ1) is 17.3. The Morgan fingerprint density at radius 3 is 2.57 bits per heavy atom. The van der Waals surface area contributed by atoms with Gasteiger partial charge in [-0.05, 0) is 32.4 Å². The summed E-state index contributed by atoms with van der Waals surface area (Å²) in [6.45, 7) is 4.61. The fourth-order valence-electron chi connectivity index (χ4n) is 3.14. The van der Waals surface area contributed by atoms with Gasteiger partial charge in [-0.1, -0.05) is 32.0 Å². The highest BCUT2D eigenvalue weighted by molar-refractivity contribution is 5.81. The van der Waals surface area contributed by atoms with E-state index in [1.54, 1.807) is 12.1 Å². The van der Waals surface area contributed by atoms with Gasteiger partial charge in [-0.3, -0.25) is 9.69 Å². The van der Waals surface area contributed by atoms with Gasteiger partial charge >= 0.3 is 0 Å². The first-order valence-corrected chi connectivity index (χ1v) is 8.26. The molecule has 1 amide bonds. The summed E-state index contributed by atoms with van der Waals surface area (Å²) >= 11 is 0. The second kappa shape index (κ2) is 7.01. The maximum Gasteiger partial charge on any atom is 0.225 e. The molecule has 1 aromatic carbocycles. The van der Waals surface area contributed by atoms with Crippen molar-refractivity contribution in [1.82, 2.24) is 10.2 Å². The normalized spacial score (nSPS) is 25.0. The van der Waals surface area contributed by atoms with Crippen LogP contribution in [-0.2, 0) is 10.3 Å². The van der Waals surface area contributed by atoms with E-state index in [1.807, 2.05) is 37.9 Å². The summed E-state index contributed by atoms with van der Waals surface area (Å²) < 4.78 is 0. The standard InChI is InChI=1S/C16H19N3O2.C2H6/c1-19-10-11(8-12(19)9-17)15(21)18-16(6-7-16)13-4-2-3-5-14(13)20;1-2/h2-5,11-12,20H,6-8,10H2,1H3,(H,18,21);1-2H3. The molecule has 1 aromatic rings. The van der Waals surface area contributed by atoms with Crippen molar-refractivity contribution in [2.75, 3.05) is 13.6 Å². The zero-order chi connectivity index (χ0) is 17.0. The molecule has 0 radical (unpaired) electrons. The van der Waals surface area contributed by atoms with Gasteiger partial charge in [0.15, 0.2) is 0 Å². The van der Waals surface area contributed by atoms with Crippen molar-refractivity contribution in [3.63, 3.8) is 0 Å². The largest absolute Gasteiger partial charge is 0.508 e. The second-order valence-corrected chi connectivity index (χ2v) is 6.11. The van der Waals surface area contributed by atoms with Crippen LogP contribution in [0.15, 0.2) is 24.3 Å². The number of hydrogen-bond acceptors (Lipinski definition) is 4. The summed E-state index contributed by atoms with van der Waals surface area (Å²) in [5, 5.41) is 22.1. The number of carbonyl (C=O) groups is 1. The van der Waals surface area contributed by atoms with Crippen molar-refractivity contribution >= 4 is 5.91 Å². The number of phenolic OH excluding ortho intramolecular Hbond substituents is 1. The first-order chi connectivity index (χ1) is 11.1. The topological polar surface area (TPSA) is 76.4 Å². The van der Waals surface area contributed by atoms with E-state index in [-0.39, 0.29) is 23.6 Å². The van der Waals surface area contributed by atoms with Crippen LogP contribution in [-0.4, -0.2) is 35.5 Å². The maximum atomic E-state index is 12.5. The van der Waals surface area contributed by atoms with Crippen LogP contribution in [0.3, 0.4) is 0 Å². The first-order valence-electron chi connectivity index (χ1n) is 8.26. The predicted molar refractivity (Wildman–Crippen MR) is 88.6 cm³/mol. The molecule has 0 bridgehead atoms. The molecular formula is C18H25N3O2. The van der Waals surface area contributed by atoms with Gasteiger partial charge in [-0.25, -0.2) is 0 Å². The van der Waals surface area contributed by atoms with Gasteiger partial charge in [0.2, 0.25) is 5.91 Å². The minimum atomic E-state index is -0.411. The van der Waals surface area contributed by atoms with Gasteiger partial charge in [0.05, 0.1) is 23.6 Å². The highest BCUT2D eigenvalue weighted by atomic mass is 16.3. The number of likely N-dealkylation sites (tertiary alicyclic amines) is 1. The number of rotatable bonds is 3. The highest BCUT2D eigenvalue weighted by Crippen LogP contribution is 2.48. The average molecular weight is 315 g/mol. The Hall–Kier alpha value is -2.06. The molecule has 2 fully saturated rings. The summed E-state index contributed by atoms with van der Waals surface area (Å²) in [5.74, 6) is 0.0667. The fourth-order valence-corrected chi connectivity index (χ4v) is 3.14. The Kier molecular flexibility index (Phi) is 5.27. The zero-order valence-corrected chi connectivity index (χ0v) is 14.0. The highest BCUT2D eigenvalue weighted by Gasteiger charge is 2.48. The summed E-state index contributed by atoms with van der Waals surface area (Å²) in [7, 11) is 1.87. The molecule has 2 N–H and O–H groups in total. The quantitative estimate of drug-likeness (QED) is 0.898. The molecule has 124 valence electrons. The van der Waals surface area contributed by atoms with Gasteiger partial charge in [-0.15, -0.1) is 0 Å². The predicted octanol–water partition coefficient (Wildman–Crippen LogP) is 2.37. The molecule has 1 saturated heterocycles. The molecule has 0 aromatic heterocycles. The zero-order valence-electron chi connectivity index (χ0n) is 14.0. The van der Waals surface area contributed by atoms with Crippen LogP contribution in [0, 0.1) is 17.2 Å². The third-order valence-electron chi connectivity index (χ3n) is 4.60. The van der Waals surface area contributed by atoms with E-state index in [4.69, 9.17) is 5.26 Å². The lowest BCUT2D eigenvalue weighted by Crippen LogP contribution is -2.39. The molecule has 2 unspecified atom stereocenters. The Labute approximate surface area is 137 Å². The lowest BCUT2D eigenvalue weighted by atomic mass is 10.0. The van der Waals surface area contributed by atoms with Crippen molar-refractivity contribution in [2.24, 2.45) is 5.92 Å². The van der Waals surface area contributed by atoms with Crippen molar-refractivity contribution < 1.29 is 9.90 Å². The number of para-hydroxylation sites is 1. The number of phenols is 1. The van der Waals surface area contributed by atoms with E-state index >= 15 is 0 Å². The van der Waals surface area contributed by atoms with Crippen LogP contribution in [0.5, 0.6) is 5.75 Å². The lowest BCUT2D eigenvalue weighted by molar-refractivity contribution is -0.125. The van der Waals surface area contributed by atoms with Crippen LogP contribution in [0.2, 0.25) is 0 Å². The van der Waals surface area contributed by atoms with Crippen LogP contribution < -0.4 is 5.32 Å². The molecule has 1 aliphatic carbocycles. The summed E-state index contributed by atoms with van der Waals surface area (Å²) in [5.41, 5.74) is 0.382. The number of carbonyl (C=O) groups excluding carboxylic acids is 1. The van der Waals surface area contributed by atoms with Crippen LogP contribution in [0.4, 0.5) is 0 Å². The number of nitrogens with one attached hydrogen (secondary N) is 1. The maximum absolute atomic E-state index is 12.5. The molecule has 23 heavy (non-hydrogen) atoms. The number of nitriles is 1. The Balaban J connectivity index is 0.000000924. The third kappa shape index (κ3) is 3.48. The van der Waals surface area contributed by atoms with E-state index in [0.717, 1.165) is 18.4 Å². The van der Waals surface area contributed by atoms with Crippen molar-refractivity contribution in [3.05, 3.63) is 29.8 Å². The second-order valence-electron chi connectivity index (χ2n) is 6.11. The molecule has 1 aliphatic heterocycles. The van der Waals surface area contributed by atoms with Gasteiger partial charge in [-0.2, -0.15) is 5.26 Å². The van der Waals surface area contributed by atoms with Gasteiger partial charge in [0.1, 0.15) is 5.75 Å². The summed E-state index contributed by atoms with van der Waals surface area (Å²) in [4.78, 5) is 14.4.